The van der Waals surface area contributed by atoms with Gasteiger partial charge in [0.25, 0.3) is 10.1 Å². The molecule has 22 heteroatoms. The minimum atomic E-state index is -5.12. The van der Waals surface area contributed by atoms with Gasteiger partial charge < -0.3 is 49.6 Å². The SMILES string of the molecule is CCCCCC[C@@H](O)C/C=C\CCCCCCCC(=O)OC(=O)CC(C(=O)OC(=O)CCCCCCC/C=C\C[C@H](O)CCCCCC)S(=O)(=O)O.OCCOCCO.OCCOCCO.[NaH].[NaH].[NaH].[NaH]. The Hall–Kier alpha value is 1.35. The number of hydrogen-bond acceptors (Lipinski definition) is 16. The summed E-state index contributed by atoms with van der Waals surface area (Å²) in [6.07, 6.45) is 28.1. The maximum absolute atomic E-state index is 12.3. The molecule has 0 saturated carbocycles. The van der Waals surface area contributed by atoms with E-state index in [2.05, 4.69) is 44.9 Å². The predicted molar refractivity (Wildman–Crippen MR) is 282 cm³/mol. The van der Waals surface area contributed by atoms with E-state index in [1.54, 1.807) is 0 Å². The zero-order chi connectivity index (χ0) is 49.9. The summed E-state index contributed by atoms with van der Waals surface area (Å²) in [4.78, 5) is 48.7. The number of rotatable bonds is 42. The van der Waals surface area contributed by atoms with Crippen LogP contribution in [0.3, 0.4) is 0 Å². The van der Waals surface area contributed by atoms with E-state index >= 15 is 0 Å². The van der Waals surface area contributed by atoms with Crippen LogP contribution in [-0.2, 0) is 48.2 Å². The van der Waals surface area contributed by atoms with Gasteiger partial charge in [-0.3, -0.25) is 23.7 Å². The molecule has 1 unspecified atom stereocenters. The van der Waals surface area contributed by atoms with Gasteiger partial charge in [0.15, 0.2) is 5.25 Å². The molecule has 0 aliphatic heterocycles. The van der Waals surface area contributed by atoms with Gasteiger partial charge in [-0.15, -0.1) is 0 Å². The van der Waals surface area contributed by atoms with Crippen molar-refractivity contribution >= 4 is 152 Å². The van der Waals surface area contributed by atoms with Gasteiger partial charge in [0.2, 0.25) is 0 Å². The molecule has 7 N–H and O–H groups in total. The first-order chi connectivity index (χ1) is 31.7. The Morgan fingerprint density at radius 2 is 0.814 bits per heavy atom. The van der Waals surface area contributed by atoms with E-state index < -0.39 is 45.7 Å². The molecule has 0 aliphatic rings. The number of carbonyl (C=O) groups excluding carboxylic acids is 4. The number of allylic oxidation sites excluding steroid dienone is 2. The van der Waals surface area contributed by atoms with E-state index in [9.17, 15) is 42.4 Å². The van der Waals surface area contributed by atoms with Crippen LogP contribution in [0, 0.1) is 0 Å². The van der Waals surface area contributed by atoms with Gasteiger partial charge in [0, 0.05) is 12.8 Å². The number of hydrogen-bond donors (Lipinski definition) is 7. The third-order valence-electron chi connectivity index (χ3n) is 9.79. The van der Waals surface area contributed by atoms with Crippen molar-refractivity contribution in [2.45, 2.75) is 205 Å². The maximum atomic E-state index is 12.3. The van der Waals surface area contributed by atoms with E-state index in [0.717, 1.165) is 96.3 Å². The first kappa shape index (κ1) is 85.3. The zero-order valence-corrected chi connectivity index (χ0v) is 41.2. The van der Waals surface area contributed by atoms with Crippen LogP contribution < -0.4 is 0 Å². The quantitative estimate of drug-likeness (QED) is 0.0113. The van der Waals surface area contributed by atoms with Crippen molar-refractivity contribution in [2.24, 2.45) is 0 Å². The molecular weight excluding hydrogens is 973 g/mol. The summed E-state index contributed by atoms with van der Waals surface area (Å²) < 4.78 is 51.5. The number of unbranched alkanes of at least 4 members (excludes halogenated alkanes) is 16. The summed E-state index contributed by atoms with van der Waals surface area (Å²) in [6.45, 7) is 5.71. The summed E-state index contributed by atoms with van der Waals surface area (Å²) in [5, 5.41) is 49.9. The van der Waals surface area contributed by atoms with Crippen LogP contribution in [0.1, 0.15) is 187 Å². The van der Waals surface area contributed by atoms with E-state index in [1.807, 2.05) is 12.2 Å². The fraction of sp³-hybridized carbons (Fsp3) is 0.833. The number of carbonyl (C=O) groups is 4. The zero-order valence-electron chi connectivity index (χ0n) is 40.4. The molecule has 0 aromatic carbocycles. The second-order valence-electron chi connectivity index (χ2n) is 16.0. The van der Waals surface area contributed by atoms with Crippen molar-refractivity contribution in [1.29, 1.82) is 0 Å². The van der Waals surface area contributed by atoms with Gasteiger partial charge in [-0.25, -0.2) is 0 Å². The van der Waals surface area contributed by atoms with Gasteiger partial charge in [0.1, 0.15) is 0 Å². The molecule has 398 valence electrons. The molecule has 0 bridgehead atoms. The minimum absolute atomic E-state index is 0. The Morgan fingerprint density at radius 3 is 1.17 bits per heavy atom. The number of esters is 4. The third-order valence-corrected chi connectivity index (χ3v) is 10.9. The molecule has 70 heavy (non-hydrogen) atoms. The van der Waals surface area contributed by atoms with Crippen molar-refractivity contribution in [3.8, 4) is 0 Å². The second kappa shape index (κ2) is 66.5. The topological polar surface area (TPSA) is 281 Å². The Kier molecular flexibility index (Phi) is 81.0. The van der Waals surface area contributed by atoms with Crippen LogP contribution in [0.5, 0.6) is 0 Å². The number of aliphatic hydroxyl groups is 6. The molecule has 0 spiro atoms. The van der Waals surface area contributed by atoms with E-state index in [1.165, 1.54) is 25.7 Å². The Bertz CT molecular complexity index is 1300. The molecule has 0 rings (SSSR count). The normalized spacial score (nSPS) is 12.1. The van der Waals surface area contributed by atoms with Crippen LogP contribution in [0.2, 0.25) is 0 Å². The van der Waals surface area contributed by atoms with Crippen molar-refractivity contribution < 1.29 is 81.7 Å². The summed E-state index contributed by atoms with van der Waals surface area (Å²) in [5.74, 6) is -4.75. The van der Waals surface area contributed by atoms with Gasteiger partial charge in [-0.2, -0.15) is 8.42 Å². The fourth-order valence-electron chi connectivity index (χ4n) is 6.09. The summed E-state index contributed by atoms with van der Waals surface area (Å²) in [7, 11) is -5.12. The molecule has 0 radical (unpaired) electrons. The molecule has 0 aromatic heterocycles. The average molecular weight is 1070 g/mol. The Labute approximate surface area is 510 Å². The van der Waals surface area contributed by atoms with Gasteiger partial charge in [-0.1, -0.05) is 128 Å². The van der Waals surface area contributed by atoms with E-state index in [-0.39, 0.29) is 170 Å². The molecule has 0 amide bonds. The Morgan fingerprint density at radius 1 is 0.471 bits per heavy atom. The first-order valence-electron chi connectivity index (χ1n) is 24.4. The third kappa shape index (κ3) is 67.4. The van der Waals surface area contributed by atoms with E-state index in [4.69, 9.17) is 20.4 Å². The summed E-state index contributed by atoms with van der Waals surface area (Å²) >= 11 is 0. The van der Waals surface area contributed by atoms with Crippen molar-refractivity contribution in [2.75, 3.05) is 52.9 Å². The standard InChI is InChI=1S/C40H70O11S.2C4H10O3.4Na.4H/c1-3-5-7-21-27-34(41)29-23-17-13-9-11-15-19-25-31-37(43)50-39(45)33-36(52(47,48)49)40(46)51-38(44)32-26-20-16-12-10-14-18-24-30-35(42)28-22-8-6-4-2;2*5-1-3-7-4-2-6;;;;;;;;/h17-18,23-24,34-36,41-42H,3-16,19-22,25-33H2,1-2H3,(H,47,48,49);2*5-6H,1-4H2;;;;;;;;/b23-17-,24-18-;;;;;;;;;;/t34-,35-,36?;;;;;;;;;;/m1........../s1. The van der Waals surface area contributed by atoms with E-state index in [0.29, 0.717) is 58.5 Å². The summed E-state index contributed by atoms with van der Waals surface area (Å²) in [6, 6.07) is 0. The molecule has 0 heterocycles. The van der Waals surface area contributed by atoms with Gasteiger partial charge in [-0.05, 0) is 64.2 Å². The van der Waals surface area contributed by atoms with Crippen molar-refractivity contribution in [1.82, 2.24) is 0 Å². The first-order valence-corrected chi connectivity index (χ1v) is 25.9. The molecule has 3 atom stereocenters. The predicted octanol–water partition coefficient (Wildman–Crippen LogP) is 4.17. The second-order valence-corrected chi connectivity index (χ2v) is 17.6. The Balaban J connectivity index is -0.000000381. The number of ether oxygens (including phenoxy) is 4. The molecule has 0 fully saturated rings. The van der Waals surface area contributed by atoms with Crippen molar-refractivity contribution in [3.63, 3.8) is 0 Å². The molecule has 0 saturated heterocycles. The average Bonchev–Trinajstić information content (AvgIpc) is 3.27. The molecule has 17 nitrogen and oxygen atoms in total. The summed E-state index contributed by atoms with van der Waals surface area (Å²) in [5.41, 5.74) is 0. The van der Waals surface area contributed by atoms with Gasteiger partial charge >= 0.3 is 142 Å². The van der Waals surface area contributed by atoms with Crippen LogP contribution >= 0.6 is 0 Å². The molecular formula is C48H94Na4O17S. The van der Waals surface area contributed by atoms with Crippen molar-refractivity contribution in [3.05, 3.63) is 24.3 Å². The number of aliphatic hydroxyl groups excluding tert-OH is 6. The van der Waals surface area contributed by atoms with Crippen LogP contribution in [0.4, 0.5) is 0 Å². The molecule has 0 aliphatic carbocycles. The monoisotopic (exact) mass is 1070 g/mol. The van der Waals surface area contributed by atoms with Crippen LogP contribution in [0.15, 0.2) is 24.3 Å². The van der Waals surface area contributed by atoms with Crippen LogP contribution in [-0.4, -0.2) is 256 Å². The van der Waals surface area contributed by atoms with Gasteiger partial charge in [0.05, 0.1) is 71.5 Å². The fourth-order valence-corrected chi connectivity index (χ4v) is 6.73. The van der Waals surface area contributed by atoms with Crippen LogP contribution in [0.25, 0.3) is 0 Å². The molecule has 0 aromatic rings.